The number of rotatable bonds is 2. The molecule has 0 fully saturated rings. The Kier molecular flexibility index (Phi) is 3.88. The quantitative estimate of drug-likeness (QED) is 0.254. The highest BCUT2D eigenvalue weighted by atomic mass is 32.1. The van der Waals surface area contributed by atoms with Gasteiger partial charge in [-0.05, 0) is 50.2 Å². The fraction of sp³-hybridized carbons (Fsp3) is 0.0667. The first-order chi connectivity index (χ1) is 16.2. The standard InChI is InChI=1S/C30H22N2S/c1-19-11-15-21(16-12-19)31-26-10-6-4-8-24(26)29-28(31)27-23-7-3-5-9-25(23)32(30(27)33-29)22-17-13-20(2)14-18-22/h3-18H,1-2H3. The zero-order valence-corrected chi connectivity index (χ0v) is 19.4. The van der Waals surface area contributed by atoms with Crippen molar-refractivity contribution in [2.75, 3.05) is 0 Å². The topological polar surface area (TPSA) is 9.86 Å². The minimum absolute atomic E-state index is 1.21. The molecule has 7 rings (SSSR count). The van der Waals surface area contributed by atoms with Gasteiger partial charge >= 0.3 is 0 Å². The van der Waals surface area contributed by atoms with Crippen LogP contribution in [0.2, 0.25) is 0 Å². The van der Waals surface area contributed by atoms with Gasteiger partial charge in [-0.25, -0.2) is 0 Å². The molecule has 0 aliphatic heterocycles. The molecule has 0 saturated carbocycles. The first-order valence-electron chi connectivity index (χ1n) is 11.3. The predicted molar refractivity (Wildman–Crippen MR) is 142 cm³/mol. The van der Waals surface area contributed by atoms with E-state index in [0.29, 0.717) is 0 Å². The maximum absolute atomic E-state index is 2.45. The zero-order chi connectivity index (χ0) is 22.1. The van der Waals surface area contributed by atoms with Crippen molar-refractivity contribution in [3.05, 3.63) is 108 Å². The molecular weight excluding hydrogens is 420 g/mol. The highest BCUT2D eigenvalue weighted by Crippen LogP contribution is 2.47. The number of hydrogen-bond acceptors (Lipinski definition) is 1. The number of para-hydroxylation sites is 2. The van der Waals surface area contributed by atoms with E-state index in [9.17, 15) is 0 Å². The molecule has 33 heavy (non-hydrogen) atoms. The van der Waals surface area contributed by atoms with Gasteiger partial charge in [-0.15, -0.1) is 11.3 Å². The third-order valence-corrected chi connectivity index (χ3v) is 7.88. The monoisotopic (exact) mass is 442 g/mol. The van der Waals surface area contributed by atoms with E-state index < -0.39 is 0 Å². The van der Waals surface area contributed by atoms with E-state index in [1.165, 1.54) is 64.7 Å². The lowest BCUT2D eigenvalue weighted by Crippen LogP contribution is -1.93. The van der Waals surface area contributed by atoms with Crippen molar-refractivity contribution in [2.24, 2.45) is 0 Å². The van der Waals surface area contributed by atoms with Gasteiger partial charge < -0.3 is 9.13 Å². The molecule has 0 saturated heterocycles. The molecule has 3 heteroatoms. The van der Waals surface area contributed by atoms with Gasteiger partial charge in [-0.2, -0.15) is 0 Å². The number of fused-ring (bicyclic) bond motifs is 7. The van der Waals surface area contributed by atoms with Gasteiger partial charge in [0, 0.05) is 27.5 Å². The number of nitrogens with zero attached hydrogens (tertiary/aromatic N) is 2. The second kappa shape index (κ2) is 6.84. The van der Waals surface area contributed by atoms with E-state index in [-0.39, 0.29) is 0 Å². The molecule has 0 spiro atoms. The van der Waals surface area contributed by atoms with Crippen LogP contribution < -0.4 is 0 Å². The fourth-order valence-corrected chi connectivity index (χ4v) is 6.46. The Hall–Kier alpha value is -3.82. The molecule has 3 heterocycles. The van der Waals surface area contributed by atoms with Crippen LogP contribution in [0.15, 0.2) is 97.1 Å². The van der Waals surface area contributed by atoms with Crippen molar-refractivity contribution >= 4 is 53.6 Å². The van der Waals surface area contributed by atoms with E-state index in [1.54, 1.807) is 0 Å². The lowest BCUT2D eigenvalue weighted by atomic mass is 10.2. The molecule has 0 unspecified atom stereocenters. The number of thiophene rings is 1. The smallest absolute Gasteiger partial charge is 0.111 e. The van der Waals surface area contributed by atoms with Crippen LogP contribution in [0.5, 0.6) is 0 Å². The largest absolute Gasteiger partial charge is 0.308 e. The summed E-state index contributed by atoms with van der Waals surface area (Å²) in [5.41, 5.74) is 8.79. The minimum Gasteiger partial charge on any atom is -0.308 e. The van der Waals surface area contributed by atoms with Crippen LogP contribution in [-0.2, 0) is 0 Å². The lowest BCUT2D eigenvalue weighted by molar-refractivity contribution is 1.18. The van der Waals surface area contributed by atoms with Gasteiger partial charge in [0.2, 0.25) is 0 Å². The molecule has 0 bridgehead atoms. The van der Waals surface area contributed by atoms with E-state index in [1.807, 2.05) is 11.3 Å². The number of aryl methyl sites for hydroxylation is 2. The van der Waals surface area contributed by atoms with Crippen LogP contribution in [0.1, 0.15) is 11.1 Å². The Labute approximate surface area is 195 Å². The van der Waals surface area contributed by atoms with Gasteiger partial charge in [0.05, 0.1) is 21.3 Å². The van der Waals surface area contributed by atoms with Gasteiger partial charge in [0.1, 0.15) is 4.83 Å². The SMILES string of the molecule is Cc1ccc(-n2c3ccccc3c3c2sc2c4ccccc4n(-c4ccc(C)cc4)c23)cc1. The molecule has 0 amide bonds. The molecule has 3 aromatic heterocycles. The van der Waals surface area contributed by atoms with Gasteiger partial charge in [-0.3, -0.25) is 0 Å². The van der Waals surface area contributed by atoms with Crippen LogP contribution in [0.3, 0.4) is 0 Å². The average molecular weight is 443 g/mol. The van der Waals surface area contributed by atoms with E-state index in [4.69, 9.17) is 0 Å². The molecule has 0 atom stereocenters. The summed E-state index contributed by atoms with van der Waals surface area (Å²) in [6.45, 7) is 4.29. The van der Waals surface area contributed by atoms with E-state index in [0.717, 1.165) is 0 Å². The van der Waals surface area contributed by atoms with Gasteiger partial charge in [0.25, 0.3) is 0 Å². The Bertz CT molecular complexity index is 1810. The highest BCUT2D eigenvalue weighted by Gasteiger charge is 2.23. The Morgan fingerprint density at radius 3 is 1.70 bits per heavy atom. The third kappa shape index (κ3) is 2.60. The van der Waals surface area contributed by atoms with Crippen molar-refractivity contribution in [3.8, 4) is 11.4 Å². The molecule has 0 N–H and O–H groups in total. The maximum Gasteiger partial charge on any atom is 0.111 e. The molecule has 158 valence electrons. The summed E-state index contributed by atoms with van der Waals surface area (Å²) in [4.78, 5) is 1.30. The van der Waals surface area contributed by atoms with Crippen molar-refractivity contribution in [1.82, 2.24) is 9.13 Å². The highest BCUT2D eigenvalue weighted by molar-refractivity contribution is 7.26. The maximum atomic E-state index is 2.45. The fourth-order valence-electron chi connectivity index (χ4n) is 5.09. The van der Waals surface area contributed by atoms with Gasteiger partial charge in [0.15, 0.2) is 0 Å². The van der Waals surface area contributed by atoms with Crippen molar-refractivity contribution in [3.63, 3.8) is 0 Å². The molecular formula is C30H22N2S. The van der Waals surface area contributed by atoms with E-state index in [2.05, 4.69) is 120 Å². The van der Waals surface area contributed by atoms with Gasteiger partial charge in [-0.1, -0.05) is 71.8 Å². The normalized spacial score (nSPS) is 11.9. The number of aromatic nitrogens is 2. The van der Waals surface area contributed by atoms with Crippen LogP contribution in [-0.4, -0.2) is 9.13 Å². The lowest BCUT2D eigenvalue weighted by Gasteiger charge is -2.08. The van der Waals surface area contributed by atoms with Crippen LogP contribution >= 0.6 is 11.3 Å². The van der Waals surface area contributed by atoms with Crippen LogP contribution in [0, 0.1) is 13.8 Å². The Morgan fingerprint density at radius 1 is 0.545 bits per heavy atom. The molecule has 0 aliphatic carbocycles. The summed E-state index contributed by atoms with van der Waals surface area (Å²) < 4.78 is 6.24. The molecule has 2 nitrogen and oxygen atoms in total. The summed E-state index contributed by atoms with van der Waals surface area (Å²) in [5, 5.41) is 3.95. The molecule has 7 aromatic rings. The molecule has 0 radical (unpaired) electrons. The summed E-state index contributed by atoms with van der Waals surface area (Å²) in [7, 11) is 0. The molecule has 0 aliphatic rings. The van der Waals surface area contributed by atoms with Crippen LogP contribution in [0.25, 0.3) is 53.6 Å². The summed E-state index contributed by atoms with van der Waals surface area (Å²) in [5.74, 6) is 0. The summed E-state index contributed by atoms with van der Waals surface area (Å²) in [6.07, 6.45) is 0. The Balaban J connectivity index is 1.71. The first-order valence-corrected chi connectivity index (χ1v) is 12.1. The van der Waals surface area contributed by atoms with Crippen molar-refractivity contribution < 1.29 is 0 Å². The molecule has 4 aromatic carbocycles. The average Bonchev–Trinajstić information content (AvgIpc) is 3.46. The number of benzene rings is 4. The second-order valence-corrected chi connectivity index (χ2v) is 9.84. The number of hydrogen-bond donors (Lipinski definition) is 0. The Morgan fingerprint density at radius 2 is 1.06 bits per heavy atom. The second-order valence-electron chi connectivity index (χ2n) is 8.84. The minimum atomic E-state index is 1.21. The summed E-state index contributed by atoms with van der Waals surface area (Å²) >= 11 is 1.90. The van der Waals surface area contributed by atoms with Crippen LogP contribution in [0.4, 0.5) is 0 Å². The first kappa shape index (κ1) is 18.7. The van der Waals surface area contributed by atoms with Crippen molar-refractivity contribution in [2.45, 2.75) is 13.8 Å². The third-order valence-electron chi connectivity index (χ3n) is 6.68. The zero-order valence-electron chi connectivity index (χ0n) is 18.5. The van der Waals surface area contributed by atoms with Crippen molar-refractivity contribution in [1.29, 1.82) is 0 Å². The van der Waals surface area contributed by atoms with E-state index >= 15 is 0 Å². The predicted octanol–water partition coefficient (Wildman–Crippen LogP) is 8.56. The summed E-state index contributed by atoms with van der Waals surface area (Å²) in [6, 6.07) is 35.4.